The van der Waals surface area contributed by atoms with Crippen molar-refractivity contribution in [2.24, 2.45) is 13.0 Å². The number of likely N-dealkylation sites (tertiary alicyclic amines) is 1. The molecule has 22 heteroatoms. The number of amides is 2. The van der Waals surface area contributed by atoms with Gasteiger partial charge in [-0.1, -0.05) is 30.5 Å². The maximum atomic E-state index is 15.5. The van der Waals surface area contributed by atoms with E-state index in [-0.39, 0.29) is 44.3 Å². The van der Waals surface area contributed by atoms with Gasteiger partial charge >= 0.3 is 12.3 Å². The minimum absolute atomic E-state index is 0.0166. The van der Waals surface area contributed by atoms with Crippen molar-refractivity contribution >= 4 is 50.3 Å². The van der Waals surface area contributed by atoms with Crippen molar-refractivity contribution < 1.29 is 53.5 Å². The van der Waals surface area contributed by atoms with Gasteiger partial charge in [-0.3, -0.25) is 23.8 Å². The summed E-state index contributed by atoms with van der Waals surface area (Å²) in [6.45, 7) is 5.50. The Labute approximate surface area is 373 Å². The predicted octanol–water partition coefficient (Wildman–Crippen LogP) is 8.29. The number of carbonyl (C=O) groups is 2. The summed E-state index contributed by atoms with van der Waals surface area (Å²) in [5, 5.41) is 10.6. The summed E-state index contributed by atoms with van der Waals surface area (Å²) in [5.74, 6) is -2.50. The van der Waals surface area contributed by atoms with Crippen molar-refractivity contribution in [3.05, 3.63) is 93.0 Å². The van der Waals surface area contributed by atoms with Crippen molar-refractivity contribution in [1.82, 2.24) is 34.8 Å². The number of nitrogens with zero attached hydrogens (tertiary/aromatic N) is 6. The Morgan fingerprint density at radius 1 is 1.05 bits per heavy atom. The van der Waals surface area contributed by atoms with Gasteiger partial charge in [0.25, 0.3) is 5.92 Å². The number of ether oxygens (including phenoxy) is 1. The third kappa shape index (κ3) is 10.0. The lowest BCUT2D eigenvalue weighted by atomic mass is 9.93. The number of carbonyl (C=O) groups excluding carboxylic acids is 2. The average Bonchev–Trinajstić information content (AvgIpc) is 3.92. The third-order valence-corrected chi connectivity index (χ3v) is 11.6. The SMILES string of the molecule is C[C@@H]1Cc2c(C(F)(F)F)nn(CC(=O)N[C@@H](Cc3cc(F)cc(F)c3)c3nc(C#CC4CCCN4C(=O)OC(C)(C)C)ccc3-c3ccc(Cl)c4c(NS(C)(=O)=O)nn(C)c34)c2C1(F)F. The number of sulfonamides is 1. The van der Waals surface area contributed by atoms with Gasteiger partial charge in [0, 0.05) is 42.3 Å². The van der Waals surface area contributed by atoms with E-state index in [1.165, 1.54) is 28.8 Å². The fourth-order valence-corrected chi connectivity index (χ4v) is 8.86. The van der Waals surface area contributed by atoms with Crippen LogP contribution in [0.3, 0.4) is 0 Å². The zero-order valence-corrected chi connectivity index (χ0v) is 37.2. The van der Waals surface area contributed by atoms with Gasteiger partial charge in [0.2, 0.25) is 15.9 Å². The molecule has 5 aromatic rings. The number of nitrogens with one attached hydrogen (secondary N) is 2. The average molecular weight is 951 g/mol. The normalized spacial score (nSPS) is 17.7. The van der Waals surface area contributed by atoms with E-state index in [9.17, 15) is 40.0 Å². The number of fused-ring (bicyclic) bond motifs is 2. The summed E-state index contributed by atoms with van der Waals surface area (Å²) in [4.78, 5) is 33.4. The molecule has 0 saturated carbocycles. The molecular formula is C43H42ClF7N8O5S. The van der Waals surface area contributed by atoms with Crippen LogP contribution < -0.4 is 10.0 Å². The number of benzene rings is 2. The van der Waals surface area contributed by atoms with Gasteiger partial charge in [-0.05, 0) is 88.3 Å². The highest BCUT2D eigenvalue weighted by molar-refractivity contribution is 7.92. The molecule has 65 heavy (non-hydrogen) atoms. The van der Waals surface area contributed by atoms with E-state index in [4.69, 9.17) is 21.3 Å². The Morgan fingerprint density at radius 2 is 1.72 bits per heavy atom. The Hall–Kier alpha value is -5.88. The second-order valence-electron chi connectivity index (χ2n) is 17.1. The van der Waals surface area contributed by atoms with Gasteiger partial charge in [-0.15, -0.1) is 0 Å². The number of aromatic nitrogens is 5. The van der Waals surface area contributed by atoms with E-state index in [1.807, 2.05) is 0 Å². The molecule has 1 saturated heterocycles. The van der Waals surface area contributed by atoms with Gasteiger partial charge in [0.05, 0.1) is 40.0 Å². The quantitative estimate of drug-likeness (QED) is 0.111. The van der Waals surface area contributed by atoms with Gasteiger partial charge in [0.1, 0.15) is 35.2 Å². The van der Waals surface area contributed by atoms with Crippen molar-refractivity contribution in [2.75, 3.05) is 17.5 Å². The molecule has 3 aromatic heterocycles. The molecule has 1 aliphatic carbocycles. The van der Waals surface area contributed by atoms with Gasteiger partial charge in [-0.2, -0.15) is 32.1 Å². The molecule has 0 spiro atoms. The largest absolute Gasteiger partial charge is 0.444 e. The maximum Gasteiger partial charge on any atom is 0.435 e. The van der Waals surface area contributed by atoms with Crippen LogP contribution in [0.2, 0.25) is 5.02 Å². The second kappa shape index (κ2) is 17.2. The van der Waals surface area contributed by atoms with Crippen molar-refractivity contribution in [3.63, 3.8) is 0 Å². The fraction of sp³-hybridized carbons (Fsp3) is 0.419. The molecule has 4 heterocycles. The summed E-state index contributed by atoms with van der Waals surface area (Å²) < 4.78 is 137. The maximum absolute atomic E-state index is 15.5. The van der Waals surface area contributed by atoms with Crippen LogP contribution in [0, 0.1) is 29.4 Å². The minimum Gasteiger partial charge on any atom is -0.444 e. The molecule has 1 unspecified atom stereocenters. The number of alkyl halides is 5. The lowest BCUT2D eigenvalue weighted by molar-refractivity contribution is -0.142. The fourth-order valence-electron chi connectivity index (χ4n) is 8.13. The Kier molecular flexibility index (Phi) is 12.4. The number of pyridine rings is 1. The summed E-state index contributed by atoms with van der Waals surface area (Å²) in [6, 6.07) is 6.63. The van der Waals surface area contributed by atoms with Crippen LogP contribution in [0.4, 0.5) is 41.3 Å². The Bertz CT molecular complexity index is 2880. The topological polar surface area (TPSA) is 153 Å². The molecule has 3 atom stereocenters. The highest BCUT2D eigenvalue weighted by Crippen LogP contribution is 2.49. The molecule has 0 bridgehead atoms. The van der Waals surface area contributed by atoms with E-state index in [1.54, 1.807) is 32.9 Å². The van der Waals surface area contributed by atoms with Crippen molar-refractivity contribution in [3.8, 4) is 23.0 Å². The summed E-state index contributed by atoms with van der Waals surface area (Å²) in [6.07, 6.45) is -4.73. The number of hydrogen-bond donors (Lipinski definition) is 2. The van der Waals surface area contributed by atoms with Gasteiger partial charge in [-0.25, -0.2) is 27.0 Å². The van der Waals surface area contributed by atoms with Crippen molar-refractivity contribution in [2.45, 2.75) is 89.7 Å². The zero-order valence-electron chi connectivity index (χ0n) is 35.7. The number of anilines is 1. The van der Waals surface area contributed by atoms with Gasteiger partial charge < -0.3 is 10.1 Å². The first-order valence-electron chi connectivity index (χ1n) is 20.1. The van der Waals surface area contributed by atoms with Crippen LogP contribution in [0.1, 0.15) is 80.5 Å². The van der Waals surface area contributed by atoms with E-state index in [2.05, 4.69) is 32.1 Å². The van der Waals surface area contributed by atoms with Crippen LogP contribution >= 0.6 is 11.6 Å². The molecule has 13 nitrogen and oxygen atoms in total. The summed E-state index contributed by atoms with van der Waals surface area (Å²) in [5.41, 5.74) is -3.33. The first-order chi connectivity index (χ1) is 30.2. The lowest BCUT2D eigenvalue weighted by Crippen LogP contribution is -2.39. The van der Waals surface area contributed by atoms with E-state index >= 15 is 8.78 Å². The first-order valence-corrected chi connectivity index (χ1v) is 22.4. The standard InChI is InChI=1S/C43H42ClF7N8O5S/c1-22-16-30-37(43(49,50)51)54-59(38(30)42(22,47)48)21-33(60)53-32(19-23-17-24(45)20-25(46)18-23)35-28(29-13-14-31(44)34-36(29)57(5)55-39(34)56-65(6,62)63)12-10-26(52-35)9-11-27-8-7-15-58(27)40(61)64-41(2,3)4/h10,12-14,17-18,20,22,27,32H,7-8,15-16,19,21H2,1-6H3,(H,53,60)(H,55,56)/t22-,27?,32+/m1/s1. The van der Waals surface area contributed by atoms with Crippen LogP contribution in [-0.2, 0) is 58.1 Å². The molecule has 1 aliphatic heterocycles. The first kappa shape index (κ1) is 47.1. The van der Waals surface area contributed by atoms with Crippen molar-refractivity contribution in [1.29, 1.82) is 0 Å². The third-order valence-electron chi connectivity index (χ3n) is 10.8. The molecule has 1 fully saturated rings. The molecule has 7 rings (SSSR count). The molecular weight excluding hydrogens is 909 g/mol. The Balaban J connectivity index is 1.39. The lowest BCUT2D eigenvalue weighted by Gasteiger charge is -2.26. The molecule has 2 N–H and O–H groups in total. The number of rotatable bonds is 9. The highest BCUT2D eigenvalue weighted by atomic mass is 35.5. The molecule has 2 aromatic carbocycles. The predicted molar refractivity (Wildman–Crippen MR) is 225 cm³/mol. The molecule has 0 radical (unpaired) electrons. The van der Waals surface area contributed by atoms with E-state index < -0.39 is 106 Å². The highest BCUT2D eigenvalue weighted by Gasteiger charge is 2.54. The zero-order chi connectivity index (χ0) is 47.6. The van der Waals surface area contributed by atoms with E-state index in [0.717, 1.165) is 25.3 Å². The summed E-state index contributed by atoms with van der Waals surface area (Å²) in [7, 11) is -2.38. The monoisotopic (exact) mass is 950 g/mol. The minimum atomic E-state index is -5.12. The smallest absolute Gasteiger partial charge is 0.435 e. The van der Waals surface area contributed by atoms with Crippen LogP contribution in [0.5, 0.6) is 0 Å². The van der Waals surface area contributed by atoms with Crippen LogP contribution in [0.25, 0.3) is 22.0 Å². The molecule has 2 amide bonds. The number of halogens is 8. The summed E-state index contributed by atoms with van der Waals surface area (Å²) >= 11 is 6.63. The van der Waals surface area contributed by atoms with E-state index in [0.29, 0.717) is 35.7 Å². The second-order valence-corrected chi connectivity index (χ2v) is 19.2. The number of aryl methyl sites for hydroxylation is 1. The Morgan fingerprint density at radius 3 is 2.37 bits per heavy atom. The molecule has 2 aliphatic rings. The number of hydrogen-bond acceptors (Lipinski definition) is 8. The van der Waals surface area contributed by atoms with Gasteiger partial charge in [0.15, 0.2) is 11.5 Å². The van der Waals surface area contributed by atoms with Crippen LogP contribution in [-0.4, -0.2) is 74.3 Å². The van der Waals surface area contributed by atoms with Crippen LogP contribution in [0.15, 0.2) is 42.5 Å². The molecule has 346 valence electrons.